The molecule has 3 aromatic carbocycles. The van der Waals surface area contributed by atoms with Gasteiger partial charge in [-0.15, -0.1) is 0 Å². The van der Waals surface area contributed by atoms with Gasteiger partial charge < -0.3 is 0 Å². The predicted octanol–water partition coefficient (Wildman–Crippen LogP) is 6.08. The van der Waals surface area contributed by atoms with E-state index in [1.165, 1.54) is 56.9 Å². The summed E-state index contributed by atoms with van der Waals surface area (Å²) in [5.74, 6) is -0.339. The van der Waals surface area contributed by atoms with Crippen LogP contribution in [0.15, 0.2) is 77.7 Å². The molecule has 1 aliphatic rings. The third-order valence-electron chi connectivity index (χ3n) is 6.32. The molecule has 0 aliphatic carbocycles. The number of para-hydroxylation sites is 1. The van der Waals surface area contributed by atoms with Crippen molar-refractivity contribution in [3.8, 4) is 0 Å². The van der Waals surface area contributed by atoms with Crippen molar-refractivity contribution in [3.63, 3.8) is 0 Å². The zero-order valence-electron chi connectivity index (χ0n) is 20.0. The number of hydrogen-bond donors (Lipinski definition) is 0. The van der Waals surface area contributed by atoms with E-state index in [9.17, 15) is 17.6 Å². The van der Waals surface area contributed by atoms with Crippen molar-refractivity contribution in [2.75, 3.05) is 18.0 Å². The van der Waals surface area contributed by atoms with Crippen LogP contribution in [0.4, 0.5) is 15.2 Å². The smallest absolute Gasteiger partial charge is 0.264 e. The fourth-order valence-electron chi connectivity index (χ4n) is 4.73. The Morgan fingerprint density at radius 1 is 1.00 bits per heavy atom. The van der Waals surface area contributed by atoms with Crippen LogP contribution >= 0.6 is 11.3 Å². The van der Waals surface area contributed by atoms with Gasteiger partial charge in [-0.1, -0.05) is 43.4 Å². The van der Waals surface area contributed by atoms with E-state index in [0.717, 1.165) is 16.6 Å². The molecule has 9 heteroatoms. The molecular formula is C27H26FN3O3S2. The van der Waals surface area contributed by atoms with Crippen LogP contribution in [0.1, 0.15) is 30.6 Å². The number of thiazole rings is 1. The van der Waals surface area contributed by atoms with Gasteiger partial charge in [0.1, 0.15) is 5.82 Å². The summed E-state index contributed by atoms with van der Waals surface area (Å²) < 4.78 is 43.0. The molecule has 4 aromatic rings. The number of halogens is 1. The summed E-state index contributed by atoms with van der Waals surface area (Å²) in [5.41, 5.74) is 1.38. The summed E-state index contributed by atoms with van der Waals surface area (Å²) in [6.07, 6.45) is 0.985. The van der Waals surface area contributed by atoms with Gasteiger partial charge in [-0.05, 0) is 72.9 Å². The van der Waals surface area contributed by atoms with Gasteiger partial charge in [-0.2, -0.15) is 4.31 Å². The first-order chi connectivity index (χ1) is 17.2. The van der Waals surface area contributed by atoms with E-state index in [0.29, 0.717) is 23.9 Å². The maximum Gasteiger partial charge on any atom is 0.264 e. The van der Waals surface area contributed by atoms with Crippen LogP contribution in [0.2, 0.25) is 0 Å². The molecule has 0 spiro atoms. The molecule has 0 N–H and O–H groups in total. The third kappa shape index (κ3) is 4.78. The molecule has 1 fully saturated rings. The molecule has 186 valence electrons. The average Bonchev–Trinajstić information content (AvgIpc) is 3.28. The molecule has 1 saturated heterocycles. The zero-order valence-corrected chi connectivity index (χ0v) is 21.6. The highest BCUT2D eigenvalue weighted by atomic mass is 32.2. The lowest BCUT2D eigenvalue weighted by Gasteiger charge is -2.34. The number of anilines is 2. The number of rotatable bonds is 5. The second-order valence-electron chi connectivity index (χ2n) is 9.38. The van der Waals surface area contributed by atoms with Gasteiger partial charge in [0, 0.05) is 18.7 Å². The number of aromatic nitrogens is 1. The third-order valence-corrected chi connectivity index (χ3v) is 9.17. The SMILES string of the molecule is C[C@@H]1C[C@@H](C)CN(S(=O)(=O)c2cccc(C(=O)N(c3ccc(F)cc3)c3nc4ccccc4s3)c2)C1. The van der Waals surface area contributed by atoms with E-state index in [1.54, 1.807) is 12.1 Å². The maximum absolute atomic E-state index is 13.9. The van der Waals surface area contributed by atoms with Gasteiger partial charge in [-0.3, -0.25) is 9.69 Å². The molecule has 0 unspecified atom stereocenters. The predicted molar refractivity (Wildman–Crippen MR) is 141 cm³/mol. The van der Waals surface area contributed by atoms with Crippen molar-refractivity contribution in [3.05, 3.63) is 84.2 Å². The molecule has 0 radical (unpaired) electrons. The van der Waals surface area contributed by atoms with E-state index in [4.69, 9.17) is 0 Å². The molecule has 2 heterocycles. The molecular weight excluding hydrogens is 497 g/mol. The number of nitrogens with zero attached hydrogens (tertiary/aromatic N) is 3. The van der Waals surface area contributed by atoms with Crippen molar-refractivity contribution in [2.45, 2.75) is 25.2 Å². The van der Waals surface area contributed by atoms with Crippen LogP contribution in [-0.4, -0.2) is 36.7 Å². The van der Waals surface area contributed by atoms with Crippen molar-refractivity contribution in [2.24, 2.45) is 11.8 Å². The van der Waals surface area contributed by atoms with Crippen LogP contribution < -0.4 is 4.90 Å². The van der Waals surface area contributed by atoms with Gasteiger partial charge in [-0.25, -0.2) is 17.8 Å². The molecule has 5 rings (SSSR count). The molecule has 36 heavy (non-hydrogen) atoms. The second-order valence-corrected chi connectivity index (χ2v) is 12.3. The first-order valence-electron chi connectivity index (χ1n) is 11.8. The number of piperidine rings is 1. The van der Waals surface area contributed by atoms with Gasteiger partial charge in [0.05, 0.1) is 20.8 Å². The van der Waals surface area contributed by atoms with Crippen LogP contribution in [0.5, 0.6) is 0 Å². The van der Waals surface area contributed by atoms with E-state index >= 15 is 0 Å². The van der Waals surface area contributed by atoms with Gasteiger partial charge in [0.15, 0.2) is 5.13 Å². The summed E-state index contributed by atoms with van der Waals surface area (Å²) in [6, 6.07) is 19.2. The molecule has 2 atom stereocenters. The highest BCUT2D eigenvalue weighted by molar-refractivity contribution is 7.89. The minimum atomic E-state index is -3.76. The van der Waals surface area contributed by atoms with E-state index in [1.807, 2.05) is 24.3 Å². The Morgan fingerprint density at radius 2 is 1.69 bits per heavy atom. The van der Waals surface area contributed by atoms with Crippen molar-refractivity contribution < 1.29 is 17.6 Å². The van der Waals surface area contributed by atoms with Crippen molar-refractivity contribution >= 4 is 48.3 Å². The average molecular weight is 524 g/mol. The Hall–Kier alpha value is -3.14. The fraction of sp³-hybridized carbons (Fsp3) is 0.259. The van der Waals surface area contributed by atoms with Gasteiger partial charge in [0.2, 0.25) is 10.0 Å². The molecule has 1 aromatic heterocycles. The quantitative estimate of drug-likeness (QED) is 0.318. The molecule has 0 saturated carbocycles. The lowest BCUT2D eigenvalue weighted by molar-refractivity contribution is 0.0999. The summed E-state index contributed by atoms with van der Waals surface area (Å²) >= 11 is 1.33. The fourth-order valence-corrected chi connectivity index (χ4v) is 7.44. The Balaban J connectivity index is 1.55. The zero-order chi connectivity index (χ0) is 25.4. The number of benzene rings is 3. The maximum atomic E-state index is 13.9. The number of sulfonamides is 1. The number of carbonyl (C=O) groups excluding carboxylic acids is 1. The molecule has 1 amide bonds. The highest BCUT2D eigenvalue weighted by Gasteiger charge is 2.32. The molecule has 1 aliphatic heterocycles. The van der Waals surface area contributed by atoms with Crippen LogP contribution in [0, 0.1) is 17.7 Å². The van der Waals surface area contributed by atoms with E-state index in [-0.39, 0.29) is 22.3 Å². The second kappa shape index (κ2) is 9.72. The minimum Gasteiger partial charge on any atom is -0.268 e. The summed E-state index contributed by atoms with van der Waals surface area (Å²) in [7, 11) is -3.76. The first kappa shape index (κ1) is 24.5. The van der Waals surface area contributed by atoms with Crippen LogP contribution in [-0.2, 0) is 10.0 Å². The van der Waals surface area contributed by atoms with E-state index in [2.05, 4.69) is 18.8 Å². The largest absolute Gasteiger partial charge is 0.268 e. The van der Waals surface area contributed by atoms with Gasteiger partial charge in [0.25, 0.3) is 5.91 Å². The lowest BCUT2D eigenvalue weighted by Crippen LogP contribution is -2.42. The lowest BCUT2D eigenvalue weighted by atomic mass is 9.94. The summed E-state index contributed by atoms with van der Waals surface area (Å²) in [6.45, 7) is 5.02. The first-order valence-corrected chi connectivity index (χ1v) is 14.0. The summed E-state index contributed by atoms with van der Waals surface area (Å²) in [5, 5.41) is 0.416. The molecule has 0 bridgehead atoms. The normalized spacial score (nSPS) is 18.9. The number of amides is 1. The Labute approximate surface area is 214 Å². The highest BCUT2D eigenvalue weighted by Crippen LogP contribution is 2.35. The van der Waals surface area contributed by atoms with Crippen molar-refractivity contribution in [1.29, 1.82) is 0 Å². The number of carbonyl (C=O) groups is 1. The summed E-state index contributed by atoms with van der Waals surface area (Å²) in [4.78, 5) is 20.0. The number of hydrogen-bond acceptors (Lipinski definition) is 5. The molecule has 6 nitrogen and oxygen atoms in total. The van der Waals surface area contributed by atoms with E-state index < -0.39 is 21.7 Å². The monoisotopic (exact) mass is 523 g/mol. The standard InChI is InChI=1S/C27H26FN3O3S2/c1-18-14-19(2)17-30(16-18)36(33,34)23-7-5-6-20(15-23)26(32)31(22-12-10-21(28)11-13-22)27-29-24-8-3-4-9-25(24)35-27/h3-13,15,18-19H,14,16-17H2,1-2H3/t18-,19-/m1/s1. The minimum absolute atomic E-state index is 0.0815. The Bertz CT molecular complexity index is 1480. The topological polar surface area (TPSA) is 70.6 Å². The van der Waals surface area contributed by atoms with Gasteiger partial charge >= 0.3 is 0 Å². The number of fused-ring (bicyclic) bond motifs is 1. The van der Waals surface area contributed by atoms with Crippen LogP contribution in [0.25, 0.3) is 10.2 Å². The Morgan fingerprint density at radius 3 is 2.39 bits per heavy atom. The van der Waals surface area contributed by atoms with Crippen LogP contribution in [0.3, 0.4) is 0 Å². The van der Waals surface area contributed by atoms with Crippen molar-refractivity contribution in [1.82, 2.24) is 9.29 Å². The Kier molecular flexibility index (Phi) is 6.63.